The molecule has 1 N–H and O–H groups in total. The zero-order valence-corrected chi connectivity index (χ0v) is 12.7. The second kappa shape index (κ2) is 8.18. The average Bonchev–Trinajstić information content (AvgIpc) is 2.39. The summed E-state index contributed by atoms with van der Waals surface area (Å²) in [5.74, 6) is 0.937. The largest absolute Gasteiger partial charge is 0.494 e. The van der Waals surface area contributed by atoms with Crippen molar-refractivity contribution in [2.24, 2.45) is 5.41 Å². The van der Waals surface area contributed by atoms with E-state index in [0.717, 1.165) is 31.9 Å². The standard InChI is InChI=1S/C16H27NO2/c1-5-19-15-8-6-14(7-9-15)12-17-13-16(2,3)10-11-18-4/h6-9,17H,5,10-13H2,1-4H3. The lowest BCUT2D eigenvalue weighted by Gasteiger charge is -2.24. The van der Waals surface area contributed by atoms with Crippen LogP contribution in [0.4, 0.5) is 0 Å². The Kier molecular flexibility index (Phi) is 6.89. The molecule has 0 bridgehead atoms. The third kappa shape index (κ3) is 6.60. The molecule has 0 spiro atoms. The SMILES string of the molecule is CCOc1ccc(CNCC(C)(C)CCOC)cc1. The molecule has 3 heteroatoms. The maximum Gasteiger partial charge on any atom is 0.119 e. The lowest BCUT2D eigenvalue weighted by Crippen LogP contribution is -2.30. The Morgan fingerprint density at radius 1 is 1.16 bits per heavy atom. The Morgan fingerprint density at radius 2 is 1.84 bits per heavy atom. The monoisotopic (exact) mass is 265 g/mol. The van der Waals surface area contributed by atoms with Crippen LogP contribution in [0.3, 0.4) is 0 Å². The van der Waals surface area contributed by atoms with Crippen molar-refractivity contribution in [3.05, 3.63) is 29.8 Å². The molecule has 0 saturated carbocycles. The fourth-order valence-corrected chi connectivity index (χ4v) is 1.88. The van der Waals surface area contributed by atoms with Gasteiger partial charge in [0.05, 0.1) is 6.61 Å². The van der Waals surface area contributed by atoms with Crippen LogP contribution < -0.4 is 10.1 Å². The van der Waals surface area contributed by atoms with Gasteiger partial charge >= 0.3 is 0 Å². The molecule has 0 aliphatic rings. The van der Waals surface area contributed by atoms with Gasteiger partial charge in [0.1, 0.15) is 5.75 Å². The quantitative estimate of drug-likeness (QED) is 0.743. The fraction of sp³-hybridized carbons (Fsp3) is 0.625. The Balaban J connectivity index is 2.32. The molecule has 0 amide bonds. The van der Waals surface area contributed by atoms with E-state index in [0.29, 0.717) is 6.61 Å². The predicted octanol–water partition coefficient (Wildman–Crippen LogP) is 3.24. The van der Waals surface area contributed by atoms with Crippen LogP contribution in [-0.2, 0) is 11.3 Å². The highest BCUT2D eigenvalue weighted by Crippen LogP contribution is 2.19. The van der Waals surface area contributed by atoms with Gasteiger partial charge in [0.2, 0.25) is 0 Å². The van der Waals surface area contributed by atoms with Gasteiger partial charge in [0.25, 0.3) is 0 Å². The van der Waals surface area contributed by atoms with E-state index in [2.05, 4.69) is 31.3 Å². The summed E-state index contributed by atoms with van der Waals surface area (Å²) in [7, 11) is 1.75. The van der Waals surface area contributed by atoms with E-state index in [1.807, 2.05) is 19.1 Å². The lowest BCUT2D eigenvalue weighted by atomic mass is 9.89. The third-order valence-corrected chi connectivity index (χ3v) is 3.15. The normalized spacial score (nSPS) is 11.6. The molecule has 0 aliphatic heterocycles. The Labute approximate surface area is 117 Å². The number of ether oxygens (including phenoxy) is 2. The van der Waals surface area contributed by atoms with Gasteiger partial charge in [-0.05, 0) is 36.5 Å². The Hall–Kier alpha value is -1.06. The molecule has 0 atom stereocenters. The van der Waals surface area contributed by atoms with E-state index >= 15 is 0 Å². The number of methoxy groups -OCH3 is 1. The molecule has 0 aromatic heterocycles. The molecule has 3 nitrogen and oxygen atoms in total. The topological polar surface area (TPSA) is 30.5 Å². The summed E-state index contributed by atoms with van der Waals surface area (Å²) < 4.78 is 10.6. The van der Waals surface area contributed by atoms with Gasteiger partial charge in [-0.2, -0.15) is 0 Å². The van der Waals surface area contributed by atoms with Crippen molar-refractivity contribution in [1.29, 1.82) is 0 Å². The molecule has 0 radical (unpaired) electrons. The minimum atomic E-state index is 0.265. The van der Waals surface area contributed by atoms with Crippen LogP contribution in [0, 0.1) is 5.41 Å². The Morgan fingerprint density at radius 3 is 2.42 bits per heavy atom. The highest BCUT2D eigenvalue weighted by atomic mass is 16.5. The summed E-state index contributed by atoms with van der Waals surface area (Å²) in [4.78, 5) is 0. The van der Waals surface area contributed by atoms with Crippen molar-refractivity contribution in [3.63, 3.8) is 0 Å². The van der Waals surface area contributed by atoms with E-state index in [1.54, 1.807) is 7.11 Å². The summed E-state index contributed by atoms with van der Waals surface area (Å²) in [6.45, 7) is 9.93. The number of hydrogen-bond acceptors (Lipinski definition) is 3. The van der Waals surface area contributed by atoms with Crippen molar-refractivity contribution in [2.75, 3.05) is 26.9 Å². The van der Waals surface area contributed by atoms with Gasteiger partial charge in [-0.1, -0.05) is 26.0 Å². The molecular formula is C16H27NO2. The minimum Gasteiger partial charge on any atom is -0.494 e. The zero-order chi connectivity index (χ0) is 14.1. The predicted molar refractivity (Wildman–Crippen MR) is 79.6 cm³/mol. The first-order chi connectivity index (χ1) is 9.07. The fourth-order valence-electron chi connectivity index (χ4n) is 1.88. The molecule has 1 aromatic rings. The summed E-state index contributed by atoms with van der Waals surface area (Å²) >= 11 is 0. The summed E-state index contributed by atoms with van der Waals surface area (Å²) in [6, 6.07) is 8.27. The number of rotatable bonds is 9. The summed E-state index contributed by atoms with van der Waals surface area (Å²) in [5, 5.41) is 3.51. The van der Waals surface area contributed by atoms with Crippen molar-refractivity contribution in [1.82, 2.24) is 5.32 Å². The Bertz CT molecular complexity index is 346. The first kappa shape index (κ1) is 16.0. The smallest absolute Gasteiger partial charge is 0.119 e. The molecule has 0 fully saturated rings. The maximum absolute atomic E-state index is 5.43. The molecule has 1 aromatic carbocycles. The van der Waals surface area contributed by atoms with E-state index in [4.69, 9.17) is 9.47 Å². The van der Waals surface area contributed by atoms with E-state index in [-0.39, 0.29) is 5.41 Å². The van der Waals surface area contributed by atoms with Gasteiger partial charge in [-0.15, -0.1) is 0 Å². The van der Waals surface area contributed by atoms with Crippen molar-refractivity contribution in [2.45, 2.75) is 33.7 Å². The van der Waals surface area contributed by atoms with Crippen LogP contribution in [0.5, 0.6) is 5.75 Å². The molecule has 1 rings (SSSR count). The van der Waals surface area contributed by atoms with Crippen LogP contribution in [-0.4, -0.2) is 26.9 Å². The second-order valence-corrected chi connectivity index (χ2v) is 5.59. The second-order valence-electron chi connectivity index (χ2n) is 5.59. The number of benzene rings is 1. The van der Waals surface area contributed by atoms with Crippen LogP contribution in [0.2, 0.25) is 0 Å². The lowest BCUT2D eigenvalue weighted by molar-refractivity contribution is 0.150. The zero-order valence-electron chi connectivity index (χ0n) is 12.7. The first-order valence-corrected chi connectivity index (χ1v) is 6.99. The van der Waals surface area contributed by atoms with Crippen LogP contribution in [0.25, 0.3) is 0 Å². The van der Waals surface area contributed by atoms with E-state index in [1.165, 1.54) is 5.56 Å². The summed E-state index contributed by atoms with van der Waals surface area (Å²) in [6.07, 6.45) is 1.07. The molecule has 0 saturated heterocycles. The first-order valence-electron chi connectivity index (χ1n) is 6.99. The van der Waals surface area contributed by atoms with Crippen molar-refractivity contribution >= 4 is 0 Å². The minimum absolute atomic E-state index is 0.265. The van der Waals surface area contributed by atoms with Crippen LogP contribution in [0.15, 0.2) is 24.3 Å². The average molecular weight is 265 g/mol. The third-order valence-electron chi connectivity index (χ3n) is 3.15. The highest BCUT2D eigenvalue weighted by molar-refractivity contribution is 5.27. The highest BCUT2D eigenvalue weighted by Gasteiger charge is 2.16. The van der Waals surface area contributed by atoms with Gasteiger partial charge in [-0.3, -0.25) is 0 Å². The molecule has 108 valence electrons. The van der Waals surface area contributed by atoms with Crippen LogP contribution >= 0.6 is 0 Å². The van der Waals surface area contributed by atoms with Crippen LogP contribution in [0.1, 0.15) is 32.8 Å². The molecule has 19 heavy (non-hydrogen) atoms. The van der Waals surface area contributed by atoms with E-state index in [9.17, 15) is 0 Å². The van der Waals surface area contributed by atoms with Crippen molar-refractivity contribution in [3.8, 4) is 5.75 Å². The molecule has 0 aliphatic carbocycles. The summed E-state index contributed by atoms with van der Waals surface area (Å²) in [5.41, 5.74) is 1.55. The van der Waals surface area contributed by atoms with Gasteiger partial charge in [0.15, 0.2) is 0 Å². The van der Waals surface area contributed by atoms with Gasteiger partial charge in [-0.25, -0.2) is 0 Å². The number of nitrogens with one attached hydrogen (secondary N) is 1. The molecule has 0 unspecified atom stereocenters. The molecular weight excluding hydrogens is 238 g/mol. The van der Waals surface area contributed by atoms with Gasteiger partial charge in [0, 0.05) is 26.8 Å². The molecule has 0 heterocycles. The maximum atomic E-state index is 5.43. The van der Waals surface area contributed by atoms with Gasteiger partial charge < -0.3 is 14.8 Å². The number of hydrogen-bond donors (Lipinski definition) is 1. The van der Waals surface area contributed by atoms with Crippen molar-refractivity contribution < 1.29 is 9.47 Å². The van der Waals surface area contributed by atoms with E-state index < -0.39 is 0 Å².